The number of benzene rings is 2. The molecule has 0 saturated carbocycles. The van der Waals surface area contributed by atoms with E-state index in [0.29, 0.717) is 6.61 Å². The summed E-state index contributed by atoms with van der Waals surface area (Å²) in [5, 5.41) is 0.722. The molecule has 23 heavy (non-hydrogen) atoms. The maximum atomic E-state index is 13.3. The van der Waals surface area contributed by atoms with E-state index in [1.807, 2.05) is 36.4 Å². The summed E-state index contributed by atoms with van der Waals surface area (Å²) in [6.07, 6.45) is 0.917. The normalized spacial score (nSPS) is 21.7. The van der Waals surface area contributed by atoms with Gasteiger partial charge in [0.25, 0.3) is 0 Å². The Bertz CT molecular complexity index is 643. The molecule has 0 amide bonds. The number of likely N-dealkylation sites (N-methyl/N-ethyl adjacent to an activating group) is 1. The van der Waals surface area contributed by atoms with Crippen molar-refractivity contribution in [3.05, 3.63) is 70.5 Å². The standard InChI is InChI=1S/C19H21ClFNO/c1-2-22-12-11-19(14-22,16-5-9-18(21)10-6-16)23-13-15-3-7-17(20)8-4-15/h3-10H,2,11-14H2,1H3. The summed E-state index contributed by atoms with van der Waals surface area (Å²) in [5.74, 6) is -0.216. The molecule has 1 aliphatic rings. The Morgan fingerprint density at radius 2 is 1.83 bits per heavy atom. The average molecular weight is 334 g/mol. The molecule has 1 saturated heterocycles. The second-order valence-electron chi connectivity index (χ2n) is 6.04. The smallest absolute Gasteiger partial charge is 0.123 e. The van der Waals surface area contributed by atoms with Gasteiger partial charge in [0.2, 0.25) is 0 Å². The van der Waals surface area contributed by atoms with Crippen LogP contribution in [0.4, 0.5) is 4.39 Å². The topological polar surface area (TPSA) is 12.5 Å². The van der Waals surface area contributed by atoms with Crippen molar-refractivity contribution >= 4 is 11.6 Å². The van der Waals surface area contributed by atoms with Crippen molar-refractivity contribution in [2.45, 2.75) is 25.6 Å². The second kappa shape index (κ2) is 7.00. The average Bonchev–Trinajstić information content (AvgIpc) is 3.00. The summed E-state index contributed by atoms with van der Waals surface area (Å²) in [5.41, 5.74) is 1.76. The Labute approximate surface area is 141 Å². The summed E-state index contributed by atoms with van der Waals surface area (Å²) in [4.78, 5) is 2.37. The number of hydrogen-bond donors (Lipinski definition) is 0. The highest BCUT2D eigenvalue weighted by atomic mass is 35.5. The van der Waals surface area contributed by atoms with Gasteiger partial charge in [0.05, 0.1) is 6.61 Å². The Morgan fingerprint density at radius 3 is 2.43 bits per heavy atom. The van der Waals surface area contributed by atoms with Gasteiger partial charge in [-0.15, -0.1) is 0 Å². The third-order valence-electron chi connectivity index (χ3n) is 4.56. The molecule has 0 spiro atoms. The fraction of sp³-hybridized carbons (Fsp3) is 0.368. The molecular weight excluding hydrogens is 313 g/mol. The van der Waals surface area contributed by atoms with E-state index in [1.54, 1.807) is 0 Å². The lowest BCUT2D eigenvalue weighted by molar-refractivity contribution is -0.0536. The van der Waals surface area contributed by atoms with Gasteiger partial charge in [0.15, 0.2) is 0 Å². The zero-order valence-electron chi connectivity index (χ0n) is 13.3. The van der Waals surface area contributed by atoms with Gasteiger partial charge in [-0.2, -0.15) is 0 Å². The third kappa shape index (κ3) is 3.74. The van der Waals surface area contributed by atoms with E-state index >= 15 is 0 Å². The van der Waals surface area contributed by atoms with Crippen LogP contribution in [0.5, 0.6) is 0 Å². The number of hydrogen-bond acceptors (Lipinski definition) is 2. The van der Waals surface area contributed by atoms with Crippen LogP contribution in [0.25, 0.3) is 0 Å². The Morgan fingerprint density at radius 1 is 1.13 bits per heavy atom. The molecule has 0 bridgehead atoms. The number of rotatable bonds is 5. The fourth-order valence-corrected chi connectivity index (χ4v) is 3.25. The highest BCUT2D eigenvalue weighted by Crippen LogP contribution is 2.36. The van der Waals surface area contributed by atoms with Crippen molar-refractivity contribution in [2.24, 2.45) is 0 Å². The first-order chi connectivity index (χ1) is 11.1. The van der Waals surface area contributed by atoms with Gasteiger partial charge in [-0.3, -0.25) is 0 Å². The molecule has 3 rings (SSSR count). The summed E-state index contributed by atoms with van der Waals surface area (Å²) >= 11 is 5.93. The van der Waals surface area contributed by atoms with Crippen LogP contribution in [0.3, 0.4) is 0 Å². The Kier molecular flexibility index (Phi) is 5.00. The maximum absolute atomic E-state index is 13.3. The second-order valence-corrected chi connectivity index (χ2v) is 6.47. The lowest BCUT2D eigenvalue weighted by Crippen LogP contribution is -2.33. The predicted octanol–water partition coefficient (Wildman–Crippen LogP) is 4.62. The first-order valence-electron chi connectivity index (χ1n) is 7.98. The van der Waals surface area contributed by atoms with Crippen molar-refractivity contribution < 1.29 is 9.13 Å². The molecule has 1 heterocycles. The molecule has 0 N–H and O–H groups in total. The molecule has 2 aromatic rings. The molecule has 0 aromatic heterocycles. The summed E-state index contributed by atoms with van der Waals surface area (Å²) in [6, 6.07) is 14.4. The summed E-state index contributed by atoms with van der Waals surface area (Å²) < 4.78 is 19.6. The number of nitrogens with zero attached hydrogens (tertiary/aromatic N) is 1. The minimum atomic E-state index is -0.372. The van der Waals surface area contributed by atoms with Gasteiger partial charge in [-0.25, -0.2) is 4.39 Å². The van der Waals surface area contributed by atoms with Crippen LogP contribution in [0.2, 0.25) is 5.02 Å². The van der Waals surface area contributed by atoms with E-state index in [9.17, 15) is 4.39 Å². The fourth-order valence-electron chi connectivity index (χ4n) is 3.12. The molecule has 4 heteroatoms. The highest BCUT2D eigenvalue weighted by molar-refractivity contribution is 6.30. The SMILES string of the molecule is CCN1CCC(OCc2ccc(Cl)cc2)(c2ccc(F)cc2)C1. The quantitative estimate of drug-likeness (QED) is 0.791. The van der Waals surface area contributed by atoms with Crippen LogP contribution < -0.4 is 0 Å². The van der Waals surface area contributed by atoms with E-state index in [-0.39, 0.29) is 11.4 Å². The number of likely N-dealkylation sites (tertiary alicyclic amines) is 1. The zero-order chi connectivity index (χ0) is 16.3. The van der Waals surface area contributed by atoms with E-state index in [1.165, 1.54) is 12.1 Å². The molecule has 0 aliphatic carbocycles. The van der Waals surface area contributed by atoms with Gasteiger partial charge in [-0.05, 0) is 48.4 Å². The van der Waals surface area contributed by atoms with Gasteiger partial charge in [0, 0.05) is 18.1 Å². The lowest BCUT2D eigenvalue weighted by Gasteiger charge is -2.30. The van der Waals surface area contributed by atoms with E-state index in [2.05, 4.69) is 11.8 Å². The van der Waals surface area contributed by atoms with E-state index < -0.39 is 0 Å². The van der Waals surface area contributed by atoms with Gasteiger partial charge < -0.3 is 9.64 Å². The summed E-state index contributed by atoms with van der Waals surface area (Å²) in [6.45, 7) is 5.50. The Hall–Kier alpha value is -1.42. The van der Waals surface area contributed by atoms with Crippen LogP contribution >= 0.6 is 11.6 Å². The molecule has 0 radical (unpaired) electrons. The third-order valence-corrected chi connectivity index (χ3v) is 4.81. The van der Waals surface area contributed by atoms with Gasteiger partial charge in [-0.1, -0.05) is 42.8 Å². The van der Waals surface area contributed by atoms with Crippen LogP contribution in [-0.2, 0) is 16.9 Å². The monoisotopic (exact) mass is 333 g/mol. The maximum Gasteiger partial charge on any atom is 0.123 e. The predicted molar refractivity (Wildman–Crippen MR) is 91.1 cm³/mol. The minimum Gasteiger partial charge on any atom is -0.364 e. The lowest BCUT2D eigenvalue weighted by atomic mass is 9.92. The Balaban J connectivity index is 1.81. The van der Waals surface area contributed by atoms with E-state index in [4.69, 9.17) is 16.3 Å². The van der Waals surface area contributed by atoms with Crippen molar-refractivity contribution in [1.29, 1.82) is 0 Å². The molecule has 1 fully saturated rings. The van der Waals surface area contributed by atoms with Crippen molar-refractivity contribution in [3.8, 4) is 0 Å². The van der Waals surface area contributed by atoms with Crippen molar-refractivity contribution in [3.63, 3.8) is 0 Å². The molecule has 122 valence electrons. The molecule has 1 aliphatic heterocycles. The molecular formula is C19H21ClFNO. The molecule has 1 atom stereocenters. The van der Waals surface area contributed by atoms with Gasteiger partial charge in [0.1, 0.15) is 11.4 Å². The summed E-state index contributed by atoms with van der Waals surface area (Å²) in [7, 11) is 0. The van der Waals surface area contributed by atoms with Crippen LogP contribution in [0.15, 0.2) is 48.5 Å². The van der Waals surface area contributed by atoms with Crippen LogP contribution in [0.1, 0.15) is 24.5 Å². The van der Waals surface area contributed by atoms with E-state index in [0.717, 1.165) is 42.2 Å². The van der Waals surface area contributed by atoms with Crippen molar-refractivity contribution in [1.82, 2.24) is 4.90 Å². The van der Waals surface area contributed by atoms with Gasteiger partial charge >= 0.3 is 0 Å². The van der Waals surface area contributed by atoms with Crippen molar-refractivity contribution in [2.75, 3.05) is 19.6 Å². The van der Waals surface area contributed by atoms with Crippen LogP contribution in [0, 0.1) is 5.82 Å². The zero-order valence-corrected chi connectivity index (χ0v) is 14.0. The number of ether oxygens (including phenoxy) is 1. The molecule has 2 aromatic carbocycles. The first-order valence-corrected chi connectivity index (χ1v) is 8.36. The molecule has 1 unspecified atom stereocenters. The minimum absolute atomic E-state index is 0.216. The van der Waals surface area contributed by atoms with Crippen LogP contribution in [-0.4, -0.2) is 24.5 Å². The molecule has 2 nitrogen and oxygen atoms in total. The first kappa shape index (κ1) is 16.4. The largest absolute Gasteiger partial charge is 0.364 e. The highest BCUT2D eigenvalue weighted by Gasteiger charge is 2.40. The number of halogens is 2.